The Hall–Kier alpha value is -1.06. The molecule has 1 aliphatic rings. The molecule has 0 aromatic heterocycles. The number of terminal acetylenes is 1. The normalized spacial score (nSPS) is 15.3. The van der Waals surface area contributed by atoms with Gasteiger partial charge in [0.2, 0.25) is 10.0 Å². The molecule has 0 saturated heterocycles. The second-order valence-corrected chi connectivity index (χ2v) is 7.20. The lowest BCUT2D eigenvalue weighted by molar-refractivity contribution is 0.282. The van der Waals surface area contributed by atoms with Gasteiger partial charge in [0.05, 0.1) is 18.0 Å². The molecule has 1 N–H and O–H groups in total. The second-order valence-electron chi connectivity index (χ2n) is 4.86. The van der Waals surface area contributed by atoms with E-state index >= 15 is 0 Å². The lowest BCUT2D eigenvalue weighted by Crippen LogP contribution is -2.33. The van der Waals surface area contributed by atoms with E-state index in [0.29, 0.717) is 18.0 Å². The lowest BCUT2D eigenvalue weighted by Gasteiger charge is -2.20. The minimum absolute atomic E-state index is 0.0538. The fraction of sp³-hybridized carbons (Fsp3) is 0.429. The van der Waals surface area contributed by atoms with E-state index in [1.165, 1.54) is 22.5 Å². The van der Waals surface area contributed by atoms with Crippen molar-refractivity contribution >= 4 is 21.6 Å². The first-order chi connectivity index (χ1) is 9.48. The first kappa shape index (κ1) is 15.3. The van der Waals surface area contributed by atoms with E-state index in [9.17, 15) is 8.42 Å². The Morgan fingerprint density at radius 1 is 1.45 bits per heavy atom. The van der Waals surface area contributed by atoms with Gasteiger partial charge in [-0.05, 0) is 36.5 Å². The van der Waals surface area contributed by atoms with Crippen molar-refractivity contribution in [3.05, 3.63) is 28.8 Å². The molecule has 0 amide bonds. The fourth-order valence-corrected chi connectivity index (χ4v) is 3.67. The molecule has 2 rings (SSSR count). The van der Waals surface area contributed by atoms with Gasteiger partial charge in [0.1, 0.15) is 0 Å². The van der Waals surface area contributed by atoms with Crippen molar-refractivity contribution in [1.29, 1.82) is 0 Å². The van der Waals surface area contributed by atoms with Crippen LogP contribution in [0.4, 0.5) is 0 Å². The zero-order chi connectivity index (χ0) is 14.8. The van der Waals surface area contributed by atoms with Gasteiger partial charge in [-0.3, -0.25) is 0 Å². The Labute approximate surface area is 124 Å². The molecular formula is C14H16ClNO3S. The summed E-state index contributed by atoms with van der Waals surface area (Å²) >= 11 is 5.95. The SMILES string of the molecule is C#CCN(CC1CC1)S(=O)(=O)c1ccc(CO)c(Cl)c1. The highest BCUT2D eigenvalue weighted by atomic mass is 35.5. The average Bonchev–Trinajstić information content (AvgIpc) is 3.22. The van der Waals surface area contributed by atoms with Crippen LogP contribution < -0.4 is 0 Å². The third kappa shape index (κ3) is 3.33. The van der Waals surface area contributed by atoms with Crippen LogP contribution in [-0.4, -0.2) is 30.9 Å². The highest BCUT2D eigenvalue weighted by Crippen LogP contribution is 2.32. The standard InChI is InChI=1S/C14H16ClNO3S/c1-2-7-16(9-11-3-4-11)20(18,19)13-6-5-12(10-17)14(15)8-13/h1,5-6,8,11,17H,3-4,7,9-10H2. The van der Waals surface area contributed by atoms with Crippen molar-refractivity contribution in [1.82, 2.24) is 4.31 Å². The van der Waals surface area contributed by atoms with Crippen molar-refractivity contribution in [3.63, 3.8) is 0 Å². The van der Waals surface area contributed by atoms with Crippen LogP contribution in [0.3, 0.4) is 0 Å². The second kappa shape index (κ2) is 6.15. The van der Waals surface area contributed by atoms with E-state index in [0.717, 1.165) is 12.8 Å². The summed E-state index contributed by atoms with van der Waals surface area (Å²) in [4.78, 5) is 0.107. The summed E-state index contributed by atoms with van der Waals surface area (Å²) in [5.74, 6) is 2.80. The average molecular weight is 314 g/mol. The van der Waals surface area contributed by atoms with E-state index in [1.54, 1.807) is 0 Å². The molecular weight excluding hydrogens is 298 g/mol. The summed E-state index contributed by atoms with van der Waals surface area (Å²) in [6.45, 7) is 0.277. The van der Waals surface area contributed by atoms with E-state index in [-0.39, 0.29) is 23.1 Å². The van der Waals surface area contributed by atoms with Crippen LogP contribution in [0, 0.1) is 18.3 Å². The molecule has 6 heteroatoms. The predicted octanol–water partition coefficient (Wildman–Crippen LogP) is 1.87. The molecule has 0 radical (unpaired) electrons. The van der Waals surface area contributed by atoms with E-state index in [1.807, 2.05) is 0 Å². The Bertz CT molecular complexity index is 632. The van der Waals surface area contributed by atoms with Crippen LogP contribution in [0.15, 0.2) is 23.1 Å². The summed E-state index contributed by atoms with van der Waals surface area (Å²) in [7, 11) is -3.64. The summed E-state index contributed by atoms with van der Waals surface area (Å²) in [5.41, 5.74) is 0.497. The van der Waals surface area contributed by atoms with Crippen molar-refractivity contribution in [2.75, 3.05) is 13.1 Å². The van der Waals surface area contributed by atoms with Crippen molar-refractivity contribution in [3.8, 4) is 12.3 Å². The summed E-state index contributed by atoms with van der Waals surface area (Å²) < 4.78 is 26.4. The molecule has 4 nitrogen and oxygen atoms in total. The molecule has 0 aliphatic heterocycles. The van der Waals surface area contributed by atoms with Gasteiger partial charge in [-0.1, -0.05) is 23.6 Å². The number of hydrogen-bond acceptors (Lipinski definition) is 3. The number of aliphatic hydroxyl groups excluding tert-OH is 1. The number of hydrogen-bond donors (Lipinski definition) is 1. The third-order valence-corrected chi connectivity index (χ3v) is 5.42. The zero-order valence-corrected chi connectivity index (χ0v) is 12.5. The van der Waals surface area contributed by atoms with Crippen molar-refractivity contribution in [2.24, 2.45) is 5.92 Å². The first-order valence-electron chi connectivity index (χ1n) is 6.32. The van der Waals surface area contributed by atoms with Crippen LogP contribution >= 0.6 is 11.6 Å². The molecule has 1 fully saturated rings. The molecule has 20 heavy (non-hydrogen) atoms. The molecule has 0 atom stereocenters. The molecule has 0 unspecified atom stereocenters. The van der Waals surface area contributed by atoms with Crippen LogP contribution in [-0.2, 0) is 16.6 Å². The van der Waals surface area contributed by atoms with E-state index < -0.39 is 10.0 Å². The fourth-order valence-electron chi connectivity index (χ4n) is 1.90. The number of nitrogens with zero attached hydrogens (tertiary/aromatic N) is 1. The smallest absolute Gasteiger partial charge is 0.244 e. The molecule has 1 aliphatic carbocycles. The largest absolute Gasteiger partial charge is 0.392 e. The number of benzene rings is 1. The number of rotatable bonds is 6. The zero-order valence-electron chi connectivity index (χ0n) is 10.9. The summed E-state index contributed by atoms with van der Waals surface area (Å²) in [6, 6.07) is 4.32. The predicted molar refractivity (Wildman–Crippen MR) is 77.7 cm³/mol. The van der Waals surface area contributed by atoms with Gasteiger partial charge in [0.15, 0.2) is 0 Å². The van der Waals surface area contributed by atoms with E-state index in [4.69, 9.17) is 23.1 Å². The summed E-state index contributed by atoms with van der Waals surface area (Å²) in [6.07, 6.45) is 7.35. The van der Waals surface area contributed by atoms with Gasteiger partial charge in [-0.25, -0.2) is 8.42 Å². The quantitative estimate of drug-likeness (QED) is 0.816. The third-order valence-electron chi connectivity index (χ3n) is 3.26. The molecule has 0 spiro atoms. The molecule has 1 aromatic rings. The van der Waals surface area contributed by atoms with Crippen molar-refractivity contribution in [2.45, 2.75) is 24.3 Å². The Kier molecular flexibility index (Phi) is 4.71. The highest BCUT2D eigenvalue weighted by molar-refractivity contribution is 7.89. The Morgan fingerprint density at radius 3 is 2.65 bits per heavy atom. The van der Waals surface area contributed by atoms with Crippen LogP contribution in [0.5, 0.6) is 0 Å². The summed E-state index contributed by atoms with van der Waals surface area (Å²) in [5, 5.41) is 9.30. The molecule has 1 aromatic carbocycles. The molecule has 0 heterocycles. The maximum atomic E-state index is 12.5. The minimum atomic E-state index is -3.64. The number of sulfonamides is 1. The molecule has 1 saturated carbocycles. The number of aliphatic hydroxyl groups is 1. The number of halogens is 1. The first-order valence-corrected chi connectivity index (χ1v) is 8.13. The lowest BCUT2D eigenvalue weighted by atomic mass is 10.2. The Morgan fingerprint density at radius 2 is 2.15 bits per heavy atom. The van der Waals surface area contributed by atoms with Gasteiger partial charge in [0.25, 0.3) is 0 Å². The molecule has 0 bridgehead atoms. The topological polar surface area (TPSA) is 57.6 Å². The monoisotopic (exact) mass is 313 g/mol. The Balaban J connectivity index is 2.31. The molecule has 108 valence electrons. The maximum Gasteiger partial charge on any atom is 0.244 e. The van der Waals surface area contributed by atoms with Gasteiger partial charge < -0.3 is 5.11 Å². The van der Waals surface area contributed by atoms with Gasteiger partial charge >= 0.3 is 0 Å². The van der Waals surface area contributed by atoms with Crippen LogP contribution in [0.1, 0.15) is 18.4 Å². The van der Waals surface area contributed by atoms with E-state index in [2.05, 4.69) is 5.92 Å². The highest BCUT2D eigenvalue weighted by Gasteiger charge is 2.31. The van der Waals surface area contributed by atoms with Gasteiger partial charge in [0, 0.05) is 11.6 Å². The van der Waals surface area contributed by atoms with Gasteiger partial charge in [-0.15, -0.1) is 6.42 Å². The van der Waals surface area contributed by atoms with Crippen LogP contribution in [0.25, 0.3) is 0 Å². The van der Waals surface area contributed by atoms with Crippen molar-refractivity contribution < 1.29 is 13.5 Å². The maximum absolute atomic E-state index is 12.5. The van der Waals surface area contributed by atoms with Crippen LogP contribution in [0.2, 0.25) is 5.02 Å². The minimum Gasteiger partial charge on any atom is -0.392 e. The van der Waals surface area contributed by atoms with Gasteiger partial charge in [-0.2, -0.15) is 4.31 Å².